The quantitative estimate of drug-likeness (QED) is 0.614. The van der Waals surface area contributed by atoms with Crippen molar-refractivity contribution < 1.29 is 17.9 Å². The Morgan fingerprint density at radius 3 is 2.44 bits per heavy atom. The van der Waals surface area contributed by atoms with Crippen molar-refractivity contribution in [3.05, 3.63) is 66.0 Å². The normalized spacial score (nSPS) is 14.8. The summed E-state index contributed by atoms with van der Waals surface area (Å²) >= 11 is 0. The average molecular weight is 455 g/mol. The fourth-order valence-corrected chi connectivity index (χ4v) is 5.51. The SMILES string of the molecule is COc1ccc(NC(=O)c2cc(C)n(-c3ccccc3)n2)cc1S(=O)(=O)N1CCCCC1. The molecule has 0 bridgehead atoms. The highest BCUT2D eigenvalue weighted by molar-refractivity contribution is 7.89. The maximum atomic E-state index is 13.2. The molecule has 4 rings (SSSR count). The van der Waals surface area contributed by atoms with Crippen LogP contribution < -0.4 is 10.1 Å². The number of ether oxygens (including phenoxy) is 1. The molecule has 32 heavy (non-hydrogen) atoms. The number of carbonyl (C=O) groups is 1. The molecule has 1 N–H and O–H groups in total. The van der Waals surface area contributed by atoms with E-state index in [0.29, 0.717) is 18.8 Å². The molecule has 9 heteroatoms. The van der Waals surface area contributed by atoms with Crippen molar-refractivity contribution in [1.29, 1.82) is 0 Å². The number of rotatable bonds is 6. The van der Waals surface area contributed by atoms with Crippen molar-refractivity contribution in [3.63, 3.8) is 0 Å². The van der Waals surface area contributed by atoms with E-state index in [2.05, 4.69) is 10.4 Å². The zero-order chi connectivity index (χ0) is 22.7. The topological polar surface area (TPSA) is 93.5 Å². The molecule has 0 atom stereocenters. The van der Waals surface area contributed by atoms with Crippen molar-refractivity contribution in [2.24, 2.45) is 0 Å². The summed E-state index contributed by atoms with van der Waals surface area (Å²) in [6.45, 7) is 2.84. The van der Waals surface area contributed by atoms with Crippen molar-refractivity contribution in [3.8, 4) is 11.4 Å². The van der Waals surface area contributed by atoms with Gasteiger partial charge in [0.05, 0.1) is 12.8 Å². The van der Waals surface area contributed by atoms with E-state index in [-0.39, 0.29) is 16.3 Å². The zero-order valence-electron chi connectivity index (χ0n) is 18.1. The van der Waals surface area contributed by atoms with Gasteiger partial charge in [-0.05, 0) is 56.2 Å². The lowest BCUT2D eigenvalue weighted by atomic mass is 10.2. The van der Waals surface area contributed by atoms with Crippen molar-refractivity contribution >= 4 is 21.6 Å². The lowest BCUT2D eigenvalue weighted by Gasteiger charge is -2.26. The summed E-state index contributed by atoms with van der Waals surface area (Å²) in [5.41, 5.74) is 2.26. The highest BCUT2D eigenvalue weighted by Gasteiger charge is 2.29. The van der Waals surface area contributed by atoms with Gasteiger partial charge in [-0.1, -0.05) is 24.6 Å². The number of amides is 1. The Kier molecular flexibility index (Phi) is 6.29. The highest BCUT2D eigenvalue weighted by atomic mass is 32.2. The molecule has 1 amide bonds. The largest absolute Gasteiger partial charge is 0.495 e. The minimum Gasteiger partial charge on any atom is -0.495 e. The molecule has 3 aromatic rings. The fourth-order valence-electron chi connectivity index (χ4n) is 3.81. The average Bonchev–Trinajstić information content (AvgIpc) is 3.22. The minimum atomic E-state index is -3.73. The predicted molar refractivity (Wildman–Crippen MR) is 122 cm³/mol. The Bertz CT molecular complexity index is 1220. The van der Waals surface area contributed by atoms with Gasteiger partial charge < -0.3 is 10.1 Å². The molecule has 168 valence electrons. The second-order valence-corrected chi connectivity index (χ2v) is 9.61. The summed E-state index contributed by atoms with van der Waals surface area (Å²) in [6, 6.07) is 15.8. The van der Waals surface area contributed by atoms with Gasteiger partial charge >= 0.3 is 0 Å². The molecule has 2 aromatic carbocycles. The Hall–Kier alpha value is -3.17. The van der Waals surface area contributed by atoms with E-state index in [1.807, 2.05) is 37.3 Å². The molecule has 2 heterocycles. The van der Waals surface area contributed by atoms with E-state index in [9.17, 15) is 13.2 Å². The monoisotopic (exact) mass is 454 g/mol. The standard InChI is InChI=1S/C23H26N4O4S/c1-17-15-20(25-27(17)19-9-5-3-6-10-19)23(28)24-18-11-12-21(31-2)22(16-18)32(29,30)26-13-7-4-8-14-26/h3,5-6,9-12,15-16H,4,7-8,13-14H2,1-2H3,(H,24,28). The van der Waals surface area contributed by atoms with Crippen LogP contribution in [-0.2, 0) is 10.0 Å². The second kappa shape index (κ2) is 9.13. The number of piperidine rings is 1. The van der Waals surface area contributed by atoms with Crippen LogP contribution in [0, 0.1) is 6.92 Å². The van der Waals surface area contributed by atoms with Crippen molar-refractivity contribution in [2.75, 3.05) is 25.5 Å². The number of carbonyl (C=O) groups excluding carboxylic acids is 1. The van der Waals surface area contributed by atoms with Crippen LogP contribution in [0.15, 0.2) is 59.5 Å². The molecule has 0 unspecified atom stereocenters. The van der Waals surface area contributed by atoms with Crippen LogP contribution in [0.2, 0.25) is 0 Å². The van der Waals surface area contributed by atoms with Gasteiger partial charge in [-0.2, -0.15) is 9.40 Å². The van der Waals surface area contributed by atoms with Gasteiger partial charge in [0.2, 0.25) is 10.0 Å². The maximum Gasteiger partial charge on any atom is 0.276 e. The van der Waals surface area contributed by atoms with Crippen LogP contribution >= 0.6 is 0 Å². The van der Waals surface area contributed by atoms with Crippen LogP contribution in [0.4, 0.5) is 5.69 Å². The van der Waals surface area contributed by atoms with Crippen LogP contribution in [0.5, 0.6) is 5.75 Å². The fraction of sp³-hybridized carbons (Fsp3) is 0.304. The first-order valence-corrected chi connectivity index (χ1v) is 12.0. The Balaban J connectivity index is 1.60. The molecule has 8 nitrogen and oxygen atoms in total. The number of para-hydroxylation sites is 1. The number of nitrogens with zero attached hydrogens (tertiary/aromatic N) is 3. The molecule has 1 aromatic heterocycles. The summed E-state index contributed by atoms with van der Waals surface area (Å²) in [4.78, 5) is 12.9. The summed E-state index contributed by atoms with van der Waals surface area (Å²) in [6.07, 6.45) is 2.69. The highest BCUT2D eigenvalue weighted by Crippen LogP contribution is 2.31. The third-order valence-corrected chi connectivity index (χ3v) is 7.40. The number of aromatic nitrogens is 2. The smallest absolute Gasteiger partial charge is 0.276 e. The van der Waals surface area contributed by atoms with Gasteiger partial charge in [0, 0.05) is 24.5 Å². The first kappa shape index (κ1) is 22.0. The van der Waals surface area contributed by atoms with E-state index < -0.39 is 15.9 Å². The Morgan fingerprint density at radius 2 is 1.75 bits per heavy atom. The molecule has 0 radical (unpaired) electrons. The molecule has 1 saturated heterocycles. The van der Waals surface area contributed by atoms with Crippen LogP contribution in [0.3, 0.4) is 0 Å². The molecule has 0 aliphatic carbocycles. The Labute approximate surface area is 187 Å². The molecule has 1 fully saturated rings. The van der Waals surface area contributed by atoms with Crippen LogP contribution in [0.1, 0.15) is 35.4 Å². The van der Waals surface area contributed by atoms with Gasteiger partial charge in [-0.3, -0.25) is 4.79 Å². The molecule has 1 aliphatic heterocycles. The lowest BCUT2D eigenvalue weighted by Crippen LogP contribution is -2.35. The van der Waals surface area contributed by atoms with E-state index in [1.54, 1.807) is 22.9 Å². The summed E-state index contributed by atoms with van der Waals surface area (Å²) in [5, 5.41) is 7.17. The number of anilines is 1. The summed E-state index contributed by atoms with van der Waals surface area (Å²) in [5.74, 6) is -0.174. The zero-order valence-corrected chi connectivity index (χ0v) is 18.9. The third kappa shape index (κ3) is 4.39. The first-order valence-electron chi connectivity index (χ1n) is 10.5. The number of aryl methyl sites for hydroxylation is 1. The van der Waals surface area contributed by atoms with Gasteiger partial charge in [-0.25, -0.2) is 13.1 Å². The van der Waals surface area contributed by atoms with Gasteiger partial charge in [0.25, 0.3) is 5.91 Å². The van der Waals surface area contributed by atoms with Crippen molar-refractivity contribution in [1.82, 2.24) is 14.1 Å². The minimum absolute atomic E-state index is 0.0469. The molecular weight excluding hydrogens is 428 g/mol. The number of hydrogen-bond acceptors (Lipinski definition) is 5. The number of benzene rings is 2. The number of hydrogen-bond donors (Lipinski definition) is 1. The van der Waals surface area contributed by atoms with E-state index >= 15 is 0 Å². The van der Waals surface area contributed by atoms with E-state index in [0.717, 1.165) is 30.6 Å². The van der Waals surface area contributed by atoms with E-state index in [1.165, 1.54) is 17.5 Å². The predicted octanol–water partition coefficient (Wildman–Crippen LogP) is 3.62. The molecule has 0 saturated carbocycles. The lowest BCUT2D eigenvalue weighted by molar-refractivity contribution is 0.102. The summed E-state index contributed by atoms with van der Waals surface area (Å²) in [7, 11) is -2.30. The number of sulfonamides is 1. The van der Waals surface area contributed by atoms with E-state index in [4.69, 9.17) is 4.74 Å². The van der Waals surface area contributed by atoms with Gasteiger partial charge in [0.15, 0.2) is 5.69 Å². The third-order valence-electron chi connectivity index (χ3n) is 5.48. The van der Waals surface area contributed by atoms with Gasteiger partial charge in [0.1, 0.15) is 10.6 Å². The second-order valence-electron chi connectivity index (χ2n) is 7.70. The van der Waals surface area contributed by atoms with Crippen molar-refractivity contribution in [2.45, 2.75) is 31.1 Å². The van der Waals surface area contributed by atoms with Crippen LogP contribution in [0.25, 0.3) is 5.69 Å². The number of methoxy groups -OCH3 is 1. The number of nitrogens with one attached hydrogen (secondary N) is 1. The molecule has 1 aliphatic rings. The van der Waals surface area contributed by atoms with Gasteiger partial charge in [-0.15, -0.1) is 0 Å². The Morgan fingerprint density at radius 1 is 1.03 bits per heavy atom. The molecular formula is C23H26N4O4S. The maximum absolute atomic E-state index is 13.2. The summed E-state index contributed by atoms with van der Waals surface area (Å²) < 4.78 is 34.9. The first-order chi connectivity index (χ1) is 15.4. The molecule has 0 spiro atoms. The van der Waals surface area contributed by atoms with Crippen LogP contribution in [-0.4, -0.2) is 48.6 Å².